The molecule has 0 aromatic rings. The first-order valence-corrected chi connectivity index (χ1v) is 4.55. The summed E-state index contributed by atoms with van der Waals surface area (Å²) < 4.78 is 0. The van der Waals surface area contributed by atoms with Gasteiger partial charge in [0.05, 0.1) is 6.04 Å². The van der Waals surface area contributed by atoms with Gasteiger partial charge in [0.25, 0.3) is 0 Å². The summed E-state index contributed by atoms with van der Waals surface area (Å²) in [6.45, 7) is 1.11. The highest BCUT2D eigenvalue weighted by Gasteiger charge is 2.47. The molecule has 4 nitrogen and oxygen atoms in total. The Morgan fingerprint density at radius 1 is 1.54 bits per heavy atom. The van der Waals surface area contributed by atoms with Crippen molar-refractivity contribution in [1.29, 1.82) is 0 Å². The minimum absolute atomic E-state index is 0. The maximum Gasteiger partial charge on any atom is 0.237 e. The summed E-state index contributed by atoms with van der Waals surface area (Å²) in [4.78, 5) is 11.3. The monoisotopic (exact) mass is 205 g/mol. The molecule has 0 radical (unpaired) electrons. The van der Waals surface area contributed by atoms with Gasteiger partial charge >= 0.3 is 0 Å². The van der Waals surface area contributed by atoms with Crippen molar-refractivity contribution in [1.82, 2.24) is 10.6 Å². The third kappa shape index (κ3) is 2.33. The lowest BCUT2D eigenvalue weighted by molar-refractivity contribution is -0.122. The Morgan fingerprint density at radius 2 is 2.31 bits per heavy atom. The first-order valence-electron chi connectivity index (χ1n) is 4.55. The molecule has 0 spiro atoms. The van der Waals surface area contributed by atoms with Crippen LogP contribution in [0.25, 0.3) is 0 Å². The second kappa shape index (κ2) is 4.26. The normalized spacial score (nSPS) is 34.7. The van der Waals surface area contributed by atoms with E-state index in [4.69, 9.17) is 5.73 Å². The number of hydrogen-bond donors (Lipinski definition) is 3. The van der Waals surface area contributed by atoms with E-state index in [1.807, 2.05) is 0 Å². The lowest BCUT2D eigenvalue weighted by Gasteiger charge is -2.12. The van der Waals surface area contributed by atoms with Gasteiger partial charge in [-0.25, -0.2) is 0 Å². The molecule has 0 aromatic heterocycles. The maximum absolute atomic E-state index is 11.3. The van der Waals surface area contributed by atoms with Crippen LogP contribution in [-0.4, -0.2) is 31.1 Å². The zero-order valence-corrected chi connectivity index (χ0v) is 8.27. The van der Waals surface area contributed by atoms with Gasteiger partial charge in [-0.3, -0.25) is 4.79 Å². The fourth-order valence-electron chi connectivity index (χ4n) is 1.84. The molecule has 1 saturated carbocycles. The van der Waals surface area contributed by atoms with E-state index in [9.17, 15) is 4.79 Å². The molecule has 3 atom stereocenters. The second-order valence-electron chi connectivity index (χ2n) is 3.64. The van der Waals surface area contributed by atoms with Crippen LogP contribution in [0.4, 0.5) is 0 Å². The predicted octanol–water partition coefficient (Wildman–Crippen LogP) is -0.767. The van der Waals surface area contributed by atoms with Gasteiger partial charge in [-0.1, -0.05) is 0 Å². The molecule has 1 aliphatic heterocycles. The Balaban J connectivity index is 0.000000845. The van der Waals surface area contributed by atoms with Crippen LogP contribution in [0.3, 0.4) is 0 Å². The molecule has 0 bridgehead atoms. The van der Waals surface area contributed by atoms with Gasteiger partial charge < -0.3 is 16.4 Å². The Labute approximate surface area is 84.0 Å². The molecule has 0 unspecified atom stereocenters. The molecule has 1 saturated heterocycles. The molecule has 2 rings (SSSR count). The van der Waals surface area contributed by atoms with E-state index < -0.39 is 0 Å². The summed E-state index contributed by atoms with van der Waals surface area (Å²) >= 11 is 0. The van der Waals surface area contributed by atoms with Crippen LogP contribution in [0.15, 0.2) is 0 Å². The summed E-state index contributed by atoms with van der Waals surface area (Å²) in [6, 6.07) is 0.693. The van der Waals surface area contributed by atoms with E-state index in [0.717, 1.165) is 12.3 Å². The molecule has 13 heavy (non-hydrogen) atoms. The number of fused-ring (bicyclic) bond motifs is 1. The minimum atomic E-state index is 0. The van der Waals surface area contributed by atoms with E-state index in [2.05, 4.69) is 10.6 Å². The van der Waals surface area contributed by atoms with Gasteiger partial charge in [-0.2, -0.15) is 0 Å². The Bertz CT molecular complexity index is 190. The Morgan fingerprint density at radius 3 is 2.85 bits per heavy atom. The average Bonchev–Trinajstić information content (AvgIpc) is 2.69. The summed E-state index contributed by atoms with van der Waals surface area (Å²) in [5, 5.41) is 6.07. The highest BCUT2D eigenvalue weighted by molar-refractivity contribution is 5.85. The number of rotatable bonds is 3. The van der Waals surface area contributed by atoms with Crippen LogP contribution < -0.4 is 16.4 Å². The van der Waals surface area contributed by atoms with Crippen LogP contribution in [0, 0.1) is 5.92 Å². The molecule has 5 heteroatoms. The smallest absolute Gasteiger partial charge is 0.237 e. The van der Waals surface area contributed by atoms with Crippen molar-refractivity contribution in [2.24, 2.45) is 11.7 Å². The molecular formula is C8H16ClN3O. The number of halogens is 1. The molecule has 4 N–H and O–H groups in total. The number of carbonyl (C=O) groups is 1. The molecule has 1 aliphatic carbocycles. The second-order valence-corrected chi connectivity index (χ2v) is 3.64. The number of hydrogen-bond acceptors (Lipinski definition) is 3. The van der Waals surface area contributed by atoms with Crippen molar-refractivity contribution < 1.29 is 4.79 Å². The molecule has 2 aliphatic rings. The number of amides is 1. The molecule has 1 amide bonds. The lowest BCUT2D eigenvalue weighted by atomic mass is 10.2. The van der Waals surface area contributed by atoms with E-state index in [-0.39, 0.29) is 24.4 Å². The quantitative estimate of drug-likeness (QED) is 0.567. The number of nitrogens with one attached hydrogen (secondary N) is 2. The van der Waals surface area contributed by atoms with E-state index >= 15 is 0 Å². The number of nitrogens with two attached hydrogens (primary N) is 1. The third-order valence-electron chi connectivity index (χ3n) is 2.64. The fraction of sp³-hybridized carbons (Fsp3) is 0.875. The highest BCUT2D eigenvalue weighted by Crippen LogP contribution is 2.40. The zero-order valence-electron chi connectivity index (χ0n) is 7.45. The Hall–Kier alpha value is -0.320. The molecule has 0 aromatic carbocycles. The third-order valence-corrected chi connectivity index (χ3v) is 2.64. The number of piperidine rings is 1. The maximum atomic E-state index is 11.3. The van der Waals surface area contributed by atoms with Crippen LogP contribution in [0.5, 0.6) is 0 Å². The zero-order chi connectivity index (χ0) is 8.55. The number of carbonyl (C=O) groups excluding carboxylic acids is 1. The average molecular weight is 206 g/mol. The van der Waals surface area contributed by atoms with Gasteiger partial charge in [0.2, 0.25) is 5.91 Å². The summed E-state index contributed by atoms with van der Waals surface area (Å²) in [5.74, 6) is 0.895. The van der Waals surface area contributed by atoms with E-state index in [1.165, 1.54) is 6.42 Å². The van der Waals surface area contributed by atoms with Gasteiger partial charge in [0, 0.05) is 19.1 Å². The van der Waals surface area contributed by atoms with Crippen molar-refractivity contribution in [3.63, 3.8) is 0 Å². The topological polar surface area (TPSA) is 67.1 Å². The van der Waals surface area contributed by atoms with Gasteiger partial charge in [-0.05, 0) is 18.8 Å². The van der Waals surface area contributed by atoms with Crippen molar-refractivity contribution >= 4 is 18.3 Å². The van der Waals surface area contributed by atoms with Crippen LogP contribution >= 0.6 is 12.4 Å². The summed E-state index contributed by atoms with van der Waals surface area (Å²) in [7, 11) is 0. The van der Waals surface area contributed by atoms with E-state index in [1.54, 1.807) is 0 Å². The van der Waals surface area contributed by atoms with Crippen LogP contribution in [0.1, 0.15) is 12.8 Å². The highest BCUT2D eigenvalue weighted by atomic mass is 35.5. The molecule has 76 valence electrons. The summed E-state index contributed by atoms with van der Waals surface area (Å²) in [5.41, 5.74) is 5.28. The van der Waals surface area contributed by atoms with E-state index in [0.29, 0.717) is 19.1 Å². The Kier molecular flexibility index (Phi) is 3.53. The van der Waals surface area contributed by atoms with Gasteiger partial charge in [-0.15, -0.1) is 12.4 Å². The van der Waals surface area contributed by atoms with Crippen molar-refractivity contribution in [2.45, 2.75) is 24.9 Å². The van der Waals surface area contributed by atoms with Crippen molar-refractivity contribution in [3.05, 3.63) is 0 Å². The van der Waals surface area contributed by atoms with Crippen LogP contribution in [-0.2, 0) is 4.79 Å². The SMILES string of the molecule is Cl.NCCNC(=O)[C@@H]1C[C@H]2C[C@H]2N1. The van der Waals surface area contributed by atoms with Crippen molar-refractivity contribution in [2.75, 3.05) is 13.1 Å². The van der Waals surface area contributed by atoms with Crippen LogP contribution in [0.2, 0.25) is 0 Å². The minimum Gasteiger partial charge on any atom is -0.353 e. The first-order chi connectivity index (χ1) is 5.81. The lowest BCUT2D eigenvalue weighted by Crippen LogP contribution is -2.43. The fourth-order valence-corrected chi connectivity index (χ4v) is 1.84. The van der Waals surface area contributed by atoms with Gasteiger partial charge in [0.15, 0.2) is 0 Å². The van der Waals surface area contributed by atoms with Crippen molar-refractivity contribution in [3.8, 4) is 0 Å². The first kappa shape index (κ1) is 10.8. The molecule has 2 fully saturated rings. The standard InChI is InChI=1S/C8H15N3O.ClH/c9-1-2-10-8(12)7-4-5-3-6(5)11-7;/h5-7,11H,1-4,9H2,(H,10,12);1H/t5-,6-,7+;/m1./s1. The largest absolute Gasteiger partial charge is 0.353 e. The molecule has 1 heterocycles. The van der Waals surface area contributed by atoms with Gasteiger partial charge in [0.1, 0.15) is 0 Å². The predicted molar refractivity (Wildman–Crippen MR) is 52.7 cm³/mol. The molecular weight excluding hydrogens is 190 g/mol. The summed E-state index contributed by atoms with van der Waals surface area (Å²) in [6.07, 6.45) is 2.28.